The highest BCUT2D eigenvalue weighted by Gasteiger charge is 2.26. The van der Waals surface area contributed by atoms with E-state index in [2.05, 4.69) is 15.5 Å². The molecule has 1 aliphatic rings. The molecule has 0 atom stereocenters. The van der Waals surface area contributed by atoms with Crippen LogP contribution in [0.5, 0.6) is 0 Å². The van der Waals surface area contributed by atoms with Crippen molar-refractivity contribution < 1.29 is 18.7 Å². The van der Waals surface area contributed by atoms with Gasteiger partial charge >= 0.3 is 6.09 Å². The SMILES string of the molecule is CCOC(=O)N1CCN(C(=O)c2ccc(NCc3ccco3)nn2)CC1. The number of hydrogen-bond donors (Lipinski definition) is 1. The second kappa shape index (κ2) is 8.32. The van der Waals surface area contributed by atoms with E-state index in [9.17, 15) is 9.59 Å². The Kier molecular flexibility index (Phi) is 5.67. The number of anilines is 1. The van der Waals surface area contributed by atoms with Crippen LogP contribution in [-0.4, -0.2) is 64.8 Å². The van der Waals surface area contributed by atoms with Crippen LogP contribution < -0.4 is 5.32 Å². The maximum atomic E-state index is 12.5. The van der Waals surface area contributed by atoms with E-state index in [4.69, 9.17) is 9.15 Å². The average molecular weight is 359 g/mol. The Hall–Kier alpha value is -3.10. The molecule has 2 aromatic rings. The van der Waals surface area contributed by atoms with Gasteiger partial charge in [0, 0.05) is 26.2 Å². The average Bonchev–Trinajstić information content (AvgIpc) is 3.20. The first-order valence-electron chi connectivity index (χ1n) is 8.48. The number of nitrogens with one attached hydrogen (secondary N) is 1. The van der Waals surface area contributed by atoms with Gasteiger partial charge < -0.3 is 24.3 Å². The number of carbonyl (C=O) groups is 2. The zero-order valence-corrected chi connectivity index (χ0v) is 14.6. The quantitative estimate of drug-likeness (QED) is 0.865. The third-order valence-electron chi connectivity index (χ3n) is 4.00. The highest BCUT2D eigenvalue weighted by atomic mass is 16.6. The molecule has 3 heterocycles. The lowest BCUT2D eigenvalue weighted by molar-refractivity contribution is 0.0565. The molecule has 0 bridgehead atoms. The molecule has 0 aromatic carbocycles. The summed E-state index contributed by atoms with van der Waals surface area (Å²) in [6.45, 7) is 4.37. The Morgan fingerprint density at radius 1 is 1.15 bits per heavy atom. The normalized spacial score (nSPS) is 14.2. The minimum atomic E-state index is -0.341. The molecule has 3 rings (SSSR count). The predicted molar refractivity (Wildman–Crippen MR) is 92.6 cm³/mol. The number of carbonyl (C=O) groups excluding carboxylic acids is 2. The van der Waals surface area contributed by atoms with Gasteiger partial charge in [-0.05, 0) is 31.2 Å². The lowest BCUT2D eigenvalue weighted by Crippen LogP contribution is -2.50. The van der Waals surface area contributed by atoms with E-state index in [0.29, 0.717) is 45.1 Å². The van der Waals surface area contributed by atoms with Crippen LogP contribution in [0, 0.1) is 0 Å². The lowest BCUT2D eigenvalue weighted by Gasteiger charge is -2.33. The molecule has 1 fully saturated rings. The Balaban J connectivity index is 1.51. The molecular weight excluding hydrogens is 338 g/mol. The summed E-state index contributed by atoms with van der Waals surface area (Å²) in [5, 5.41) is 11.1. The number of furan rings is 1. The van der Waals surface area contributed by atoms with Crippen LogP contribution in [0.25, 0.3) is 0 Å². The Bertz CT molecular complexity index is 724. The van der Waals surface area contributed by atoms with Gasteiger partial charge in [0.05, 0.1) is 19.4 Å². The predicted octanol–water partition coefficient (Wildman–Crippen LogP) is 1.60. The number of aromatic nitrogens is 2. The van der Waals surface area contributed by atoms with Crippen LogP contribution in [0.4, 0.5) is 10.6 Å². The number of hydrogen-bond acceptors (Lipinski definition) is 7. The molecule has 9 nitrogen and oxygen atoms in total. The number of nitrogens with zero attached hydrogens (tertiary/aromatic N) is 4. The summed E-state index contributed by atoms with van der Waals surface area (Å²) in [5.74, 6) is 1.15. The van der Waals surface area contributed by atoms with Crippen LogP contribution in [0.2, 0.25) is 0 Å². The smallest absolute Gasteiger partial charge is 0.409 e. The zero-order chi connectivity index (χ0) is 18.4. The maximum Gasteiger partial charge on any atom is 0.409 e. The maximum absolute atomic E-state index is 12.5. The Morgan fingerprint density at radius 3 is 2.54 bits per heavy atom. The summed E-state index contributed by atoms with van der Waals surface area (Å²) in [6.07, 6.45) is 1.26. The van der Waals surface area contributed by atoms with Crippen LogP contribution in [0.1, 0.15) is 23.2 Å². The van der Waals surface area contributed by atoms with Crippen molar-refractivity contribution in [3.05, 3.63) is 42.0 Å². The monoisotopic (exact) mass is 359 g/mol. The molecule has 26 heavy (non-hydrogen) atoms. The third kappa shape index (κ3) is 4.29. The first kappa shape index (κ1) is 17.7. The summed E-state index contributed by atoms with van der Waals surface area (Å²) in [4.78, 5) is 27.5. The van der Waals surface area contributed by atoms with Gasteiger partial charge in [-0.15, -0.1) is 10.2 Å². The molecule has 0 saturated carbocycles. The highest BCUT2D eigenvalue weighted by molar-refractivity contribution is 5.92. The van der Waals surface area contributed by atoms with E-state index in [0.717, 1.165) is 5.76 Å². The first-order valence-corrected chi connectivity index (χ1v) is 8.48. The van der Waals surface area contributed by atoms with Gasteiger partial charge in [-0.3, -0.25) is 4.79 Å². The molecule has 1 saturated heterocycles. The third-order valence-corrected chi connectivity index (χ3v) is 4.00. The van der Waals surface area contributed by atoms with E-state index >= 15 is 0 Å². The van der Waals surface area contributed by atoms with Gasteiger partial charge in [-0.1, -0.05) is 0 Å². The van der Waals surface area contributed by atoms with E-state index in [1.54, 1.807) is 35.1 Å². The summed E-state index contributed by atoms with van der Waals surface area (Å²) in [6, 6.07) is 7.01. The van der Waals surface area contributed by atoms with Crippen LogP contribution in [0.15, 0.2) is 34.9 Å². The van der Waals surface area contributed by atoms with Gasteiger partial charge in [-0.25, -0.2) is 4.79 Å². The van der Waals surface area contributed by atoms with Crippen molar-refractivity contribution in [2.75, 3.05) is 38.1 Å². The van der Waals surface area contributed by atoms with Gasteiger partial charge in [0.1, 0.15) is 11.6 Å². The fourth-order valence-electron chi connectivity index (χ4n) is 2.60. The highest BCUT2D eigenvalue weighted by Crippen LogP contribution is 2.10. The van der Waals surface area contributed by atoms with E-state index in [1.807, 2.05) is 12.1 Å². The van der Waals surface area contributed by atoms with Gasteiger partial charge in [0.15, 0.2) is 5.69 Å². The molecule has 1 N–H and O–H groups in total. The minimum Gasteiger partial charge on any atom is -0.467 e. The largest absolute Gasteiger partial charge is 0.467 e. The lowest BCUT2D eigenvalue weighted by atomic mass is 10.2. The summed E-state index contributed by atoms with van der Waals surface area (Å²) < 4.78 is 10.2. The molecule has 138 valence electrons. The second-order valence-corrected chi connectivity index (χ2v) is 5.71. The molecule has 1 aliphatic heterocycles. The van der Waals surface area contributed by atoms with Crippen molar-refractivity contribution in [2.24, 2.45) is 0 Å². The molecule has 0 radical (unpaired) electrons. The number of piperazine rings is 1. The van der Waals surface area contributed by atoms with Crippen LogP contribution in [-0.2, 0) is 11.3 Å². The Morgan fingerprint density at radius 2 is 1.92 bits per heavy atom. The molecule has 0 aliphatic carbocycles. The van der Waals surface area contributed by atoms with Crippen molar-refractivity contribution >= 4 is 17.8 Å². The second-order valence-electron chi connectivity index (χ2n) is 5.71. The molecule has 0 spiro atoms. The van der Waals surface area contributed by atoms with Gasteiger partial charge in [0.25, 0.3) is 5.91 Å². The summed E-state index contributed by atoms with van der Waals surface area (Å²) in [5.41, 5.74) is 0.276. The fourth-order valence-corrected chi connectivity index (χ4v) is 2.60. The van der Waals surface area contributed by atoms with E-state index in [-0.39, 0.29) is 17.7 Å². The van der Waals surface area contributed by atoms with Gasteiger partial charge in [-0.2, -0.15) is 0 Å². The molecule has 0 unspecified atom stereocenters. The van der Waals surface area contributed by atoms with Crippen molar-refractivity contribution in [2.45, 2.75) is 13.5 Å². The Labute approximate surface area is 150 Å². The molecule has 9 heteroatoms. The number of ether oxygens (including phenoxy) is 1. The minimum absolute atomic E-state index is 0.196. The number of rotatable bonds is 5. The molecule has 2 aromatic heterocycles. The topological polar surface area (TPSA) is 101 Å². The summed E-state index contributed by atoms with van der Waals surface area (Å²) in [7, 11) is 0. The molecule has 2 amide bonds. The van der Waals surface area contributed by atoms with E-state index in [1.165, 1.54) is 0 Å². The standard InChI is InChI=1S/C17H21N5O4/c1-2-25-17(24)22-9-7-21(8-10-22)16(23)14-5-6-15(20-19-14)18-12-13-4-3-11-26-13/h3-6,11H,2,7-10,12H2,1H3,(H,18,20). The number of amides is 2. The van der Waals surface area contributed by atoms with Crippen LogP contribution in [0.3, 0.4) is 0 Å². The van der Waals surface area contributed by atoms with Crippen molar-refractivity contribution in [3.8, 4) is 0 Å². The van der Waals surface area contributed by atoms with Crippen molar-refractivity contribution in [1.82, 2.24) is 20.0 Å². The molecular formula is C17H21N5O4. The first-order chi connectivity index (χ1) is 12.7. The van der Waals surface area contributed by atoms with Gasteiger partial charge in [0.2, 0.25) is 0 Å². The van der Waals surface area contributed by atoms with Crippen molar-refractivity contribution in [3.63, 3.8) is 0 Å². The fraction of sp³-hybridized carbons (Fsp3) is 0.412. The van der Waals surface area contributed by atoms with E-state index < -0.39 is 0 Å². The zero-order valence-electron chi connectivity index (χ0n) is 14.6. The summed E-state index contributed by atoms with van der Waals surface area (Å²) >= 11 is 0. The van der Waals surface area contributed by atoms with Crippen molar-refractivity contribution in [1.29, 1.82) is 0 Å². The van der Waals surface area contributed by atoms with Crippen LogP contribution >= 0.6 is 0 Å².